The molecule has 1 aromatic carbocycles. The van der Waals surface area contributed by atoms with E-state index in [-0.39, 0.29) is 16.5 Å². The van der Waals surface area contributed by atoms with Gasteiger partial charge in [0.05, 0.1) is 10.5 Å². The van der Waals surface area contributed by atoms with Gasteiger partial charge in [-0.2, -0.15) is 9.98 Å². The van der Waals surface area contributed by atoms with Crippen molar-refractivity contribution in [3.63, 3.8) is 0 Å². The predicted octanol–water partition coefficient (Wildman–Crippen LogP) is 1.61. The van der Waals surface area contributed by atoms with Crippen LogP contribution in [-0.4, -0.2) is 39.0 Å². The number of rotatable bonds is 7. The van der Waals surface area contributed by atoms with Crippen molar-refractivity contribution < 1.29 is 22.7 Å². The van der Waals surface area contributed by atoms with Crippen LogP contribution in [0.5, 0.6) is 0 Å². The summed E-state index contributed by atoms with van der Waals surface area (Å²) in [6, 6.07) is 7.53. The number of hydrogen-bond donors (Lipinski definition) is 2. The minimum atomic E-state index is -4.05. The van der Waals surface area contributed by atoms with E-state index in [0.29, 0.717) is 0 Å². The van der Waals surface area contributed by atoms with Gasteiger partial charge in [-0.1, -0.05) is 37.8 Å². The van der Waals surface area contributed by atoms with Gasteiger partial charge in [-0.15, -0.1) is 0 Å². The molecule has 2 rings (SSSR count). The van der Waals surface area contributed by atoms with E-state index in [2.05, 4.69) is 10.0 Å². The van der Waals surface area contributed by atoms with E-state index < -0.39 is 34.5 Å². The second kappa shape index (κ2) is 10.2. The van der Waals surface area contributed by atoms with Crippen LogP contribution in [0.1, 0.15) is 51.0 Å². The van der Waals surface area contributed by atoms with Crippen molar-refractivity contribution in [1.82, 2.24) is 10.0 Å². The van der Waals surface area contributed by atoms with Crippen molar-refractivity contribution in [3.8, 4) is 6.07 Å². The number of hydrogen-bond acceptors (Lipinski definition) is 6. The van der Waals surface area contributed by atoms with Gasteiger partial charge in [0.2, 0.25) is 10.0 Å². The molecule has 0 heterocycles. The third kappa shape index (κ3) is 6.32. The molecule has 8 nitrogen and oxygen atoms in total. The quantitative estimate of drug-likeness (QED) is 0.522. The molecule has 1 aliphatic carbocycles. The zero-order valence-corrected chi connectivity index (χ0v) is 16.6. The standard InChI is InChI=1S/C19H25N3O5S/c1-14(19(24)22-16-9-4-2-3-5-10-16)27-18(23)13-21-28(25,26)17-11-7-6-8-15(17)12-20/h6-8,11,14,16,21H,2-5,9-10,13H2,1H3,(H,22,24)/t14-/m1/s1. The van der Waals surface area contributed by atoms with Gasteiger partial charge in [-0.05, 0) is 31.9 Å². The Balaban J connectivity index is 1.85. The van der Waals surface area contributed by atoms with Crippen LogP contribution in [0, 0.1) is 11.3 Å². The Morgan fingerprint density at radius 2 is 1.86 bits per heavy atom. The first-order chi connectivity index (χ1) is 13.3. The molecule has 0 aromatic heterocycles. The number of benzene rings is 1. The SMILES string of the molecule is C[C@@H](OC(=O)CNS(=O)(=O)c1ccccc1C#N)C(=O)NC1CCCCCC1. The molecule has 1 aliphatic rings. The number of amides is 1. The third-order valence-corrected chi connectivity index (χ3v) is 6.04. The van der Waals surface area contributed by atoms with Crippen molar-refractivity contribution in [2.24, 2.45) is 0 Å². The van der Waals surface area contributed by atoms with Crippen LogP contribution in [0.3, 0.4) is 0 Å². The molecule has 0 bridgehead atoms. The van der Waals surface area contributed by atoms with Gasteiger partial charge in [-0.25, -0.2) is 8.42 Å². The number of nitrogens with zero attached hydrogens (tertiary/aromatic N) is 1. The van der Waals surface area contributed by atoms with Crippen LogP contribution < -0.4 is 10.0 Å². The number of ether oxygens (including phenoxy) is 1. The fourth-order valence-electron chi connectivity index (χ4n) is 3.06. The van der Waals surface area contributed by atoms with Gasteiger partial charge < -0.3 is 10.1 Å². The zero-order valence-electron chi connectivity index (χ0n) is 15.8. The molecule has 1 fully saturated rings. The average molecular weight is 407 g/mol. The van der Waals surface area contributed by atoms with E-state index in [0.717, 1.165) is 38.5 Å². The topological polar surface area (TPSA) is 125 Å². The van der Waals surface area contributed by atoms with Crippen LogP contribution in [-0.2, 0) is 24.3 Å². The predicted molar refractivity (Wildman–Crippen MR) is 102 cm³/mol. The number of sulfonamides is 1. The summed E-state index contributed by atoms with van der Waals surface area (Å²) < 4.78 is 31.7. The van der Waals surface area contributed by atoms with Gasteiger partial charge in [-0.3, -0.25) is 9.59 Å². The summed E-state index contributed by atoms with van der Waals surface area (Å²) in [7, 11) is -4.05. The second-order valence-electron chi connectivity index (χ2n) is 6.76. The number of carbonyl (C=O) groups is 2. The second-order valence-corrected chi connectivity index (χ2v) is 8.50. The van der Waals surface area contributed by atoms with E-state index >= 15 is 0 Å². The van der Waals surface area contributed by atoms with Crippen LogP contribution >= 0.6 is 0 Å². The van der Waals surface area contributed by atoms with Gasteiger partial charge in [0.1, 0.15) is 12.6 Å². The number of esters is 1. The summed E-state index contributed by atoms with van der Waals surface area (Å²) in [6.07, 6.45) is 5.23. The highest BCUT2D eigenvalue weighted by molar-refractivity contribution is 7.89. The summed E-state index contributed by atoms with van der Waals surface area (Å²) in [6.45, 7) is 0.812. The highest BCUT2D eigenvalue weighted by atomic mass is 32.2. The third-order valence-electron chi connectivity index (χ3n) is 4.58. The minimum Gasteiger partial charge on any atom is -0.452 e. The highest BCUT2D eigenvalue weighted by Crippen LogP contribution is 2.17. The van der Waals surface area contributed by atoms with Crippen LogP contribution in [0.2, 0.25) is 0 Å². The van der Waals surface area contributed by atoms with Crippen molar-refractivity contribution in [2.75, 3.05) is 6.54 Å². The van der Waals surface area contributed by atoms with Crippen LogP contribution in [0.4, 0.5) is 0 Å². The van der Waals surface area contributed by atoms with E-state index in [4.69, 9.17) is 10.00 Å². The maximum absolute atomic E-state index is 12.3. The normalized spacial score (nSPS) is 16.4. The van der Waals surface area contributed by atoms with Gasteiger partial charge in [0.15, 0.2) is 6.10 Å². The Morgan fingerprint density at radius 1 is 1.21 bits per heavy atom. The van der Waals surface area contributed by atoms with Crippen LogP contribution in [0.25, 0.3) is 0 Å². The van der Waals surface area contributed by atoms with E-state index in [1.807, 2.05) is 0 Å². The summed E-state index contributed by atoms with van der Waals surface area (Å²) in [5.41, 5.74) is -0.0282. The lowest BCUT2D eigenvalue weighted by molar-refractivity contribution is -0.153. The zero-order chi connectivity index (χ0) is 20.6. The lowest BCUT2D eigenvalue weighted by Gasteiger charge is -2.19. The summed E-state index contributed by atoms with van der Waals surface area (Å²) in [4.78, 5) is 23.9. The minimum absolute atomic E-state index is 0.0282. The van der Waals surface area contributed by atoms with Crippen molar-refractivity contribution in [1.29, 1.82) is 5.26 Å². The average Bonchev–Trinajstić information content (AvgIpc) is 2.95. The Hall–Kier alpha value is -2.44. The molecule has 0 unspecified atom stereocenters. The monoisotopic (exact) mass is 407 g/mol. The molecule has 9 heteroatoms. The van der Waals surface area contributed by atoms with Gasteiger partial charge >= 0.3 is 5.97 Å². The van der Waals surface area contributed by atoms with Gasteiger partial charge in [0.25, 0.3) is 5.91 Å². The molecule has 1 atom stereocenters. The number of nitriles is 1. The first-order valence-electron chi connectivity index (χ1n) is 9.32. The Kier molecular flexibility index (Phi) is 7.96. The lowest BCUT2D eigenvalue weighted by atomic mass is 10.1. The fourth-order valence-corrected chi connectivity index (χ4v) is 4.18. The molecule has 1 aromatic rings. The van der Waals surface area contributed by atoms with E-state index in [9.17, 15) is 18.0 Å². The van der Waals surface area contributed by atoms with E-state index in [1.54, 1.807) is 12.1 Å². The summed E-state index contributed by atoms with van der Waals surface area (Å²) in [5.74, 6) is -1.26. The number of carbonyl (C=O) groups excluding carboxylic acids is 2. The highest BCUT2D eigenvalue weighted by Gasteiger charge is 2.24. The smallest absolute Gasteiger partial charge is 0.321 e. The molecule has 1 amide bonds. The van der Waals surface area contributed by atoms with Crippen molar-refractivity contribution in [3.05, 3.63) is 29.8 Å². The molecule has 0 radical (unpaired) electrons. The summed E-state index contributed by atoms with van der Waals surface area (Å²) >= 11 is 0. The Bertz CT molecular complexity index is 839. The molecule has 0 aliphatic heterocycles. The Labute approximate surface area is 165 Å². The molecule has 0 spiro atoms. The van der Waals surface area contributed by atoms with Crippen LogP contribution in [0.15, 0.2) is 29.2 Å². The first kappa shape index (κ1) is 21.9. The van der Waals surface area contributed by atoms with E-state index in [1.165, 1.54) is 25.1 Å². The largest absolute Gasteiger partial charge is 0.452 e. The Morgan fingerprint density at radius 3 is 2.50 bits per heavy atom. The van der Waals surface area contributed by atoms with Gasteiger partial charge in [0, 0.05) is 6.04 Å². The molecule has 28 heavy (non-hydrogen) atoms. The molecule has 0 saturated heterocycles. The fraction of sp³-hybridized carbons (Fsp3) is 0.526. The number of nitrogens with one attached hydrogen (secondary N) is 2. The molecule has 152 valence electrons. The maximum Gasteiger partial charge on any atom is 0.321 e. The van der Waals surface area contributed by atoms with Crippen molar-refractivity contribution >= 4 is 21.9 Å². The molecular weight excluding hydrogens is 382 g/mol. The molecule has 2 N–H and O–H groups in total. The molecule has 1 saturated carbocycles. The maximum atomic E-state index is 12.3. The molecular formula is C19H25N3O5S. The first-order valence-corrected chi connectivity index (χ1v) is 10.8. The lowest BCUT2D eigenvalue weighted by Crippen LogP contribution is -2.43. The van der Waals surface area contributed by atoms with Crippen molar-refractivity contribution in [2.45, 2.75) is 62.5 Å². The summed E-state index contributed by atoms with van der Waals surface area (Å²) in [5, 5.41) is 11.9.